The van der Waals surface area contributed by atoms with Crippen molar-refractivity contribution in [2.45, 2.75) is 89.8 Å². The van der Waals surface area contributed by atoms with Gasteiger partial charge >= 0.3 is 5.97 Å². The summed E-state index contributed by atoms with van der Waals surface area (Å²) in [6.07, 6.45) is 11.4. The lowest BCUT2D eigenvalue weighted by atomic mass is 9.48. The molecule has 0 amide bonds. The molecule has 0 radical (unpaired) electrons. The van der Waals surface area contributed by atoms with Crippen LogP contribution in [-0.2, 0) is 4.79 Å². The number of aliphatic hydroxyl groups is 2. The number of rotatable bonds is 5. The van der Waals surface area contributed by atoms with Crippen molar-refractivity contribution in [1.29, 1.82) is 0 Å². The molecule has 3 aliphatic rings. The third kappa shape index (κ3) is 4.76. The van der Waals surface area contributed by atoms with Crippen LogP contribution >= 0.6 is 0 Å². The van der Waals surface area contributed by atoms with Gasteiger partial charge < -0.3 is 15.3 Å². The van der Waals surface area contributed by atoms with E-state index in [2.05, 4.69) is 24.8 Å². The van der Waals surface area contributed by atoms with Crippen LogP contribution in [0, 0.1) is 35.0 Å². The van der Waals surface area contributed by atoms with E-state index in [0.717, 1.165) is 25.7 Å². The number of allylic oxidation sites excluding steroid dienone is 2. The molecule has 0 aliphatic heterocycles. The number of fused-ring (bicyclic) bond motifs is 1. The Morgan fingerprint density at radius 2 is 2.04 bits per heavy atom. The number of aliphatic carboxylic acids is 1. The first kappa shape index (κ1) is 20.4. The Kier molecular flexibility index (Phi) is 6.65. The van der Waals surface area contributed by atoms with Gasteiger partial charge in [-0.1, -0.05) is 62.5 Å². The lowest BCUT2D eigenvalue weighted by Crippen LogP contribution is -2.51. The Morgan fingerprint density at radius 3 is 2.74 bits per heavy atom. The number of aliphatic hydroxyl groups excluding tert-OH is 2. The molecule has 3 saturated carbocycles. The van der Waals surface area contributed by atoms with Gasteiger partial charge in [0.25, 0.3) is 0 Å². The van der Waals surface area contributed by atoms with Gasteiger partial charge in [0.15, 0.2) is 0 Å². The Hall–Kier alpha value is -1.31. The normalized spacial score (nSPS) is 36.3. The van der Waals surface area contributed by atoms with E-state index in [0.29, 0.717) is 18.3 Å². The van der Waals surface area contributed by atoms with E-state index < -0.39 is 18.2 Å². The zero-order valence-corrected chi connectivity index (χ0v) is 16.5. The highest BCUT2D eigenvalue weighted by molar-refractivity contribution is 5.66. The van der Waals surface area contributed by atoms with Crippen LogP contribution in [0.1, 0.15) is 77.6 Å². The molecule has 3 aliphatic carbocycles. The summed E-state index contributed by atoms with van der Waals surface area (Å²) in [5.41, 5.74) is 1.36. The first-order valence-electron chi connectivity index (χ1n) is 10.7. The van der Waals surface area contributed by atoms with Crippen molar-refractivity contribution in [1.82, 2.24) is 0 Å². The Morgan fingerprint density at radius 1 is 1.30 bits per heavy atom. The maximum atomic E-state index is 10.7. The molecule has 0 bridgehead atoms. The van der Waals surface area contributed by atoms with Crippen LogP contribution in [0.3, 0.4) is 0 Å². The quantitative estimate of drug-likeness (QED) is 0.504. The molecular formula is C23H34O4. The molecule has 5 atom stereocenters. The van der Waals surface area contributed by atoms with Gasteiger partial charge in [-0.05, 0) is 49.4 Å². The Bertz CT molecular complexity index is 622. The minimum Gasteiger partial charge on any atom is -0.481 e. The highest BCUT2D eigenvalue weighted by atomic mass is 16.4. The monoisotopic (exact) mass is 374 g/mol. The molecule has 0 aromatic carbocycles. The third-order valence-electron chi connectivity index (χ3n) is 7.25. The molecule has 0 spiro atoms. The molecule has 3 rings (SSSR count). The van der Waals surface area contributed by atoms with E-state index in [-0.39, 0.29) is 17.8 Å². The van der Waals surface area contributed by atoms with Gasteiger partial charge in [-0.15, -0.1) is 0 Å². The molecule has 0 heterocycles. The van der Waals surface area contributed by atoms with Crippen molar-refractivity contribution < 1.29 is 20.1 Å². The summed E-state index contributed by atoms with van der Waals surface area (Å²) in [5, 5.41) is 29.7. The maximum absolute atomic E-state index is 10.7. The number of carbonyl (C=O) groups is 1. The lowest BCUT2D eigenvalue weighted by molar-refractivity contribution is -0.136. The molecule has 3 fully saturated rings. The minimum atomic E-state index is -0.761. The molecule has 0 aromatic heterocycles. The predicted octanol–water partition coefficient (Wildman–Crippen LogP) is 3.91. The second-order valence-electron chi connectivity index (χ2n) is 9.07. The second-order valence-corrected chi connectivity index (χ2v) is 9.07. The van der Waals surface area contributed by atoms with Gasteiger partial charge in [-0.2, -0.15) is 0 Å². The third-order valence-corrected chi connectivity index (χ3v) is 7.25. The lowest BCUT2D eigenvalue weighted by Gasteiger charge is -2.57. The molecule has 27 heavy (non-hydrogen) atoms. The molecule has 3 N–H and O–H groups in total. The smallest absolute Gasteiger partial charge is 0.303 e. The molecule has 1 unspecified atom stereocenters. The Labute approximate surface area is 163 Å². The topological polar surface area (TPSA) is 77.8 Å². The summed E-state index contributed by atoms with van der Waals surface area (Å²) >= 11 is 0. The van der Waals surface area contributed by atoms with Gasteiger partial charge in [0.2, 0.25) is 0 Å². The summed E-state index contributed by atoms with van der Waals surface area (Å²) in [5.74, 6) is 6.36. The van der Waals surface area contributed by atoms with E-state index in [1.54, 1.807) is 0 Å². The summed E-state index contributed by atoms with van der Waals surface area (Å²) < 4.78 is 0. The number of carboxylic acids is 1. The van der Waals surface area contributed by atoms with E-state index in [1.165, 1.54) is 37.7 Å². The Balaban J connectivity index is 1.60. The van der Waals surface area contributed by atoms with E-state index >= 15 is 0 Å². The fourth-order valence-electron chi connectivity index (χ4n) is 5.44. The van der Waals surface area contributed by atoms with E-state index in [4.69, 9.17) is 5.11 Å². The molecular weight excluding hydrogens is 340 g/mol. The average Bonchev–Trinajstić information content (AvgIpc) is 2.63. The van der Waals surface area contributed by atoms with Crippen LogP contribution in [0.4, 0.5) is 0 Å². The number of carboxylic acid groups (broad SMARTS) is 1. The van der Waals surface area contributed by atoms with Crippen LogP contribution in [0.2, 0.25) is 0 Å². The van der Waals surface area contributed by atoms with Gasteiger partial charge in [0.1, 0.15) is 6.10 Å². The van der Waals surface area contributed by atoms with Gasteiger partial charge in [0, 0.05) is 6.42 Å². The fraction of sp³-hybridized carbons (Fsp3) is 0.783. The predicted molar refractivity (Wildman–Crippen MR) is 105 cm³/mol. The van der Waals surface area contributed by atoms with Crippen molar-refractivity contribution in [3.05, 3.63) is 11.6 Å². The zero-order valence-electron chi connectivity index (χ0n) is 16.5. The molecule has 150 valence electrons. The number of hydrogen-bond donors (Lipinski definition) is 3. The molecule has 0 saturated heterocycles. The van der Waals surface area contributed by atoms with Crippen LogP contribution in [-0.4, -0.2) is 33.5 Å². The van der Waals surface area contributed by atoms with Crippen molar-refractivity contribution in [3.8, 4) is 11.8 Å². The fourth-order valence-corrected chi connectivity index (χ4v) is 5.44. The second kappa shape index (κ2) is 8.80. The van der Waals surface area contributed by atoms with Crippen molar-refractivity contribution >= 4 is 5.97 Å². The maximum Gasteiger partial charge on any atom is 0.303 e. The molecule has 4 nitrogen and oxygen atoms in total. The van der Waals surface area contributed by atoms with Gasteiger partial charge in [0.05, 0.1) is 12.0 Å². The van der Waals surface area contributed by atoms with Crippen LogP contribution in [0.25, 0.3) is 0 Å². The van der Waals surface area contributed by atoms with Crippen molar-refractivity contribution in [2.75, 3.05) is 0 Å². The van der Waals surface area contributed by atoms with Crippen LogP contribution in [0.15, 0.2) is 11.6 Å². The molecule has 4 heteroatoms. The highest BCUT2D eigenvalue weighted by Crippen LogP contribution is 2.60. The van der Waals surface area contributed by atoms with Crippen molar-refractivity contribution in [2.24, 2.45) is 23.2 Å². The summed E-state index contributed by atoms with van der Waals surface area (Å²) in [6.45, 7) is 2.23. The summed E-state index contributed by atoms with van der Waals surface area (Å²) in [4.78, 5) is 10.7. The largest absolute Gasteiger partial charge is 0.481 e. The van der Waals surface area contributed by atoms with E-state index in [1.807, 2.05) is 0 Å². The first-order valence-corrected chi connectivity index (χ1v) is 10.7. The average molecular weight is 375 g/mol. The van der Waals surface area contributed by atoms with Crippen LogP contribution < -0.4 is 0 Å². The van der Waals surface area contributed by atoms with Gasteiger partial charge in [-0.25, -0.2) is 0 Å². The van der Waals surface area contributed by atoms with Crippen molar-refractivity contribution in [3.63, 3.8) is 0 Å². The minimum absolute atomic E-state index is 0.0331. The van der Waals surface area contributed by atoms with Crippen LogP contribution in [0.5, 0.6) is 0 Å². The highest BCUT2D eigenvalue weighted by Gasteiger charge is 2.54. The zero-order chi connectivity index (χ0) is 19.4. The standard InChI is InChI=1S/C23H34O4/c1-23-13-12-21(25)19(20(23)15-17(23)8-5-9-22(26)27)11-10-18(24)14-16-6-3-2-4-7-16/h8,16,18-21,24-25H,2-7,9,12-15H2,1H3,(H,26,27)/t18?,19-,20-,21-,23-/m1/s1. The van der Waals surface area contributed by atoms with Gasteiger partial charge in [-0.3, -0.25) is 4.79 Å². The molecule has 0 aromatic rings. The SMILES string of the molecule is C[C@]12CC[C@@H](O)[C@H](C#CC(O)CC3CCCCC3)[C@H]1CC2=CCCC(=O)O. The summed E-state index contributed by atoms with van der Waals surface area (Å²) in [7, 11) is 0. The summed E-state index contributed by atoms with van der Waals surface area (Å²) in [6, 6.07) is 0. The first-order chi connectivity index (χ1) is 12.9. The number of hydrogen-bond acceptors (Lipinski definition) is 3. The van der Waals surface area contributed by atoms with E-state index in [9.17, 15) is 15.0 Å².